The van der Waals surface area contributed by atoms with Crippen LogP contribution in [0.1, 0.15) is 71.8 Å². The summed E-state index contributed by atoms with van der Waals surface area (Å²) in [5.74, 6) is 1.09. The van der Waals surface area contributed by atoms with E-state index in [-0.39, 0.29) is 11.8 Å². The van der Waals surface area contributed by atoms with Crippen LogP contribution in [0.2, 0.25) is 0 Å². The van der Waals surface area contributed by atoms with Gasteiger partial charge in [-0.05, 0) is 42.9 Å². The van der Waals surface area contributed by atoms with E-state index in [4.69, 9.17) is 0 Å². The van der Waals surface area contributed by atoms with E-state index in [0.29, 0.717) is 36.0 Å². The normalized spacial score (nSPS) is 18.1. The SMILES string of the molecule is CC(C)C(O)c1nnc2ccc(C(=O)N3CCc4[nH]nc(C5CC5)c4CC3)cn12. The highest BCUT2D eigenvalue weighted by molar-refractivity contribution is 5.94. The second-order valence-electron chi connectivity index (χ2n) is 8.53. The molecule has 0 aromatic carbocycles. The largest absolute Gasteiger partial charge is 0.385 e. The quantitative estimate of drug-likeness (QED) is 0.707. The van der Waals surface area contributed by atoms with E-state index in [1.807, 2.05) is 18.7 Å². The van der Waals surface area contributed by atoms with Crippen molar-refractivity contribution in [2.45, 2.75) is 51.6 Å². The van der Waals surface area contributed by atoms with E-state index in [1.165, 1.54) is 29.8 Å². The topological polar surface area (TPSA) is 99.4 Å². The molecule has 5 rings (SSSR count). The van der Waals surface area contributed by atoms with Gasteiger partial charge in [0, 0.05) is 37.3 Å². The Bertz CT molecular complexity index is 1060. The number of carbonyl (C=O) groups excluding carboxylic acids is 1. The van der Waals surface area contributed by atoms with Crippen LogP contribution in [0.5, 0.6) is 0 Å². The first kappa shape index (κ1) is 18.3. The molecule has 1 unspecified atom stereocenters. The fourth-order valence-electron chi connectivity index (χ4n) is 4.12. The minimum absolute atomic E-state index is 0.00308. The fraction of sp³-hybridized carbons (Fsp3) is 0.524. The minimum atomic E-state index is -0.730. The van der Waals surface area contributed by atoms with E-state index < -0.39 is 6.10 Å². The molecule has 8 nitrogen and oxygen atoms in total. The molecule has 3 aromatic rings. The van der Waals surface area contributed by atoms with Crippen molar-refractivity contribution in [3.8, 4) is 0 Å². The number of aliphatic hydroxyl groups is 1. The Morgan fingerprint density at radius 1 is 1.21 bits per heavy atom. The smallest absolute Gasteiger partial charge is 0.255 e. The number of aromatic nitrogens is 5. The van der Waals surface area contributed by atoms with Crippen molar-refractivity contribution in [2.75, 3.05) is 13.1 Å². The second-order valence-corrected chi connectivity index (χ2v) is 8.53. The summed E-state index contributed by atoms with van der Waals surface area (Å²) >= 11 is 0. The van der Waals surface area contributed by atoms with Crippen LogP contribution in [0.15, 0.2) is 18.3 Å². The van der Waals surface area contributed by atoms with Gasteiger partial charge in [-0.1, -0.05) is 13.8 Å². The zero-order valence-electron chi connectivity index (χ0n) is 16.8. The van der Waals surface area contributed by atoms with Crippen molar-refractivity contribution >= 4 is 11.6 Å². The van der Waals surface area contributed by atoms with Crippen molar-refractivity contribution < 1.29 is 9.90 Å². The van der Waals surface area contributed by atoms with Crippen LogP contribution < -0.4 is 0 Å². The Hall–Kier alpha value is -2.74. The number of aromatic amines is 1. The molecule has 1 amide bonds. The summed E-state index contributed by atoms with van der Waals surface area (Å²) in [6.45, 7) is 5.21. The molecule has 1 aliphatic carbocycles. The lowest BCUT2D eigenvalue weighted by Crippen LogP contribution is -2.33. The minimum Gasteiger partial charge on any atom is -0.385 e. The van der Waals surface area contributed by atoms with Gasteiger partial charge in [-0.25, -0.2) is 0 Å². The Labute approximate surface area is 168 Å². The summed E-state index contributed by atoms with van der Waals surface area (Å²) in [6.07, 6.45) is 5.11. The Morgan fingerprint density at radius 3 is 2.76 bits per heavy atom. The number of carbonyl (C=O) groups is 1. The van der Waals surface area contributed by atoms with Crippen LogP contribution in [-0.4, -0.2) is 53.8 Å². The van der Waals surface area contributed by atoms with E-state index in [0.717, 1.165) is 12.8 Å². The van der Waals surface area contributed by atoms with Crippen LogP contribution in [-0.2, 0) is 12.8 Å². The van der Waals surface area contributed by atoms with Gasteiger partial charge in [-0.15, -0.1) is 10.2 Å². The fourth-order valence-corrected chi connectivity index (χ4v) is 4.12. The average Bonchev–Trinajstić information content (AvgIpc) is 3.42. The third-order valence-electron chi connectivity index (χ3n) is 6.07. The molecular formula is C21H26N6O2. The number of hydrogen-bond donors (Lipinski definition) is 2. The lowest BCUT2D eigenvalue weighted by atomic mass is 10.1. The lowest BCUT2D eigenvalue weighted by Gasteiger charge is -2.20. The molecule has 0 radical (unpaired) electrons. The zero-order valence-corrected chi connectivity index (χ0v) is 16.8. The molecule has 2 aliphatic rings. The highest BCUT2D eigenvalue weighted by Gasteiger charge is 2.32. The number of fused-ring (bicyclic) bond motifs is 2. The van der Waals surface area contributed by atoms with Crippen molar-refractivity contribution in [3.05, 3.63) is 46.7 Å². The Kier molecular flexibility index (Phi) is 4.38. The summed E-state index contributed by atoms with van der Waals surface area (Å²) in [5, 5.41) is 26.4. The van der Waals surface area contributed by atoms with Gasteiger partial charge in [0.1, 0.15) is 6.10 Å². The molecule has 0 saturated heterocycles. The molecular weight excluding hydrogens is 368 g/mol. The van der Waals surface area contributed by atoms with E-state index in [1.54, 1.807) is 22.7 Å². The number of amides is 1. The van der Waals surface area contributed by atoms with E-state index in [2.05, 4.69) is 20.4 Å². The molecule has 4 heterocycles. The summed E-state index contributed by atoms with van der Waals surface area (Å²) in [7, 11) is 0. The summed E-state index contributed by atoms with van der Waals surface area (Å²) < 4.78 is 1.73. The van der Waals surface area contributed by atoms with Crippen molar-refractivity contribution in [3.63, 3.8) is 0 Å². The number of H-pyrrole nitrogens is 1. The Balaban J connectivity index is 1.39. The van der Waals surface area contributed by atoms with Gasteiger partial charge in [-0.3, -0.25) is 14.3 Å². The summed E-state index contributed by atoms with van der Waals surface area (Å²) in [4.78, 5) is 15.1. The van der Waals surface area contributed by atoms with Gasteiger partial charge in [0.2, 0.25) is 0 Å². The third-order valence-corrected chi connectivity index (χ3v) is 6.07. The number of nitrogens with zero attached hydrogens (tertiary/aromatic N) is 5. The maximum absolute atomic E-state index is 13.2. The molecule has 3 aromatic heterocycles. The number of pyridine rings is 1. The van der Waals surface area contributed by atoms with Gasteiger partial charge in [-0.2, -0.15) is 5.10 Å². The Morgan fingerprint density at radius 2 is 2.00 bits per heavy atom. The van der Waals surface area contributed by atoms with Gasteiger partial charge in [0.25, 0.3) is 5.91 Å². The van der Waals surface area contributed by atoms with Crippen molar-refractivity contribution in [2.24, 2.45) is 5.92 Å². The van der Waals surface area contributed by atoms with Gasteiger partial charge < -0.3 is 10.0 Å². The molecule has 1 atom stereocenters. The zero-order chi connectivity index (χ0) is 20.1. The first-order valence-corrected chi connectivity index (χ1v) is 10.4. The highest BCUT2D eigenvalue weighted by atomic mass is 16.3. The maximum Gasteiger partial charge on any atom is 0.255 e. The van der Waals surface area contributed by atoms with Crippen LogP contribution in [0.4, 0.5) is 0 Å². The predicted octanol–water partition coefficient (Wildman–Crippen LogP) is 2.26. The number of hydrogen-bond acceptors (Lipinski definition) is 5. The number of rotatable bonds is 4. The van der Waals surface area contributed by atoms with E-state index in [9.17, 15) is 9.90 Å². The van der Waals surface area contributed by atoms with Crippen LogP contribution in [0, 0.1) is 5.92 Å². The summed E-state index contributed by atoms with van der Waals surface area (Å²) in [5.41, 5.74) is 4.92. The van der Waals surface area contributed by atoms with Crippen LogP contribution in [0.25, 0.3) is 5.65 Å². The molecule has 1 saturated carbocycles. The van der Waals surface area contributed by atoms with Gasteiger partial charge >= 0.3 is 0 Å². The number of aliphatic hydroxyl groups excluding tert-OH is 1. The molecule has 1 fully saturated rings. The molecule has 152 valence electrons. The monoisotopic (exact) mass is 394 g/mol. The van der Waals surface area contributed by atoms with Gasteiger partial charge in [0.05, 0.1) is 11.3 Å². The first-order valence-electron chi connectivity index (χ1n) is 10.4. The molecule has 8 heteroatoms. The highest BCUT2D eigenvalue weighted by Crippen LogP contribution is 2.41. The predicted molar refractivity (Wildman–Crippen MR) is 107 cm³/mol. The van der Waals surface area contributed by atoms with Crippen molar-refractivity contribution in [1.29, 1.82) is 0 Å². The molecule has 2 N–H and O–H groups in total. The molecule has 1 aliphatic heterocycles. The first-order chi connectivity index (χ1) is 14.0. The van der Waals surface area contributed by atoms with Crippen LogP contribution >= 0.6 is 0 Å². The maximum atomic E-state index is 13.2. The summed E-state index contributed by atoms with van der Waals surface area (Å²) in [6, 6.07) is 3.57. The third kappa shape index (κ3) is 3.21. The van der Waals surface area contributed by atoms with Crippen molar-refractivity contribution in [1.82, 2.24) is 29.7 Å². The van der Waals surface area contributed by atoms with E-state index >= 15 is 0 Å². The standard InChI is InChI=1S/C21H26N6O2/c1-12(2)19(28)20-25-23-17-6-5-14(11-27(17)20)21(29)26-9-7-15-16(8-10-26)22-24-18(15)13-3-4-13/h5-6,11-13,19,28H,3-4,7-10H2,1-2H3,(H,22,24). The molecule has 29 heavy (non-hydrogen) atoms. The van der Waals surface area contributed by atoms with Crippen LogP contribution in [0.3, 0.4) is 0 Å². The number of nitrogens with one attached hydrogen (secondary N) is 1. The average molecular weight is 394 g/mol. The molecule has 0 spiro atoms. The molecule has 0 bridgehead atoms. The van der Waals surface area contributed by atoms with Gasteiger partial charge in [0.15, 0.2) is 11.5 Å². The lowest BCUT2D eigenvalue weighted by molar-refractivity contribution is 0.0761. The second kappa shape index (κ2) is 6.95.